The molecule has 9 heteroatoms. The van der Waals surface area contributed by atoms with Crippen LogP contribution in [0.25, 0.3) is 5.78 Å². The number of esters is 1. The number of Topliss-reactive ketones (excluding diaryl/α,β-unsaturated/α-hetero) is 1. The summed E-state index contributed by atoms with van der Waals surface area (Å²) in [5.74, 6) is -0.556. The van der Waals surface area contributed by atoms with Crippen LogP contribution >= 0.6 is 0 Å². The van der Waals surface area contributed by atoms with Crippen LogP contribution in [0.4, 0.5) is 5.69 Å². The number of hydrogen-bond acceptors (Lipinski definition) is 7. The fourth-order valence-electron chi connectivity index (χ4n) is 3.11. The highest BCUT2D eigenvalue weighted by Gasteiger charge is 2.19. The molecule has 0 spiro atoms. The number of anilines is 1. The van der Waals surface area contributed by atoms with E-state index in [9.17, 15) is 14.4 Å². The molecule has 0 radical (unpaired) electrons. The molecular weight excluding hydrogens is 386 g/mol. The van der Waals surface area contributed by atoms with Crippen molar-refractivity contribution in [2.75, 3.05) is 5.32 Å². The number of aryl methyl sites for hydroxylation is 2. The summed E-state index contributed by atoms with van der Waals surface area (Å²) in [7, 11) is 0. The van der Waals surface area contributed by atoms with Crippen LogP contribution < -0.4 is 5.32 Å². The van der Waals surface area contributed by atoms with Gasteiger partial charge in [-0.2, -0.15) is 10.1 Å². The van der Waals surface area contributed by atoms with E-state index in [-0.39, 0.29) is 12.2 Å². The van der Waals surface area contributed by atoms with Crippen molar-refractivity contribution >= 4 is 29.1 Å². The Hall–Kier alpha value is -3.62. The highest BCUT2D eigenvalue weighted by atomic mass is 16.5. The van der Waals surface area contributed by atoms with Gasteiger partial charge >= 0.3 is 5.97 Å². The first-order valence-corrected chi connectivity index (χ1v) is 9.53. The van der Waals surface area contributed by atoms with Gasteiger partial charge in [-0.25, -0.2) is 9.50 Å². The average molecular weight is 409 g/mol. The van der Waals surface area contributed by atoms with Gasteiger partial charge in [0.2, 0.25) is 0 Å². The summed E-state index contributed by atoms with van der Waals surface area (Å²) in [6.07, 6.45) is 0.964. The minimum atomic E-state index is -0.975. The molecule has 3 rings (SSSR count). The first kappa shape index (κ1) is 21.1. The second-order valence-electron chi connectivity index (χ2n) is 6.99. The van der Waals surface area contributed by atoms with Crippen molar-refractivity contribution in [1.82, 2.24) is 19.6 Å². The van der Waals surface area contributed by atoms with Crippen LogP contribution in [0.2, 0.25) is 0 Å². The predicted molar refractivity (Wildman–Crippen MR) is 109 cm³/mol. The van der Waals surface area contributed by atoms with E-state index in [0.717, 1.165) is 17.0 Å². The zero-order valence-electron chi connectivity index (χ0n) is 17.3. The molecule has 1 N–H and O–H groups in total. The van der Waals surface area contributed by atoms with E-state index in [1.165, 1.54) is 20.2 Å². The first-order chi connectivity index (χ1) is 14.3. The molecule has 156 valence electrons. The smallest absolute Gasteiger partial charge is 0.306 e. The van der Waals surface area contributed by atoms with Gasteiger partial charge in [0.05, 0.1) is 0 Å². The van der Waals surface area contributed by atoms with E-state index < -0.39 is 18.0 Å². The molecule has 1 aromatic carbocycles. The van der Waals surface area contributed by atoms with Crippen molar-refractivity contribution in [3.8, 4) is 0 Å². The Balaban J connectivity index is 1.57. The lowest BCUT2D eigenvalue weighted by Gasteiger charge is -2.15. The number of benzene rings is 1. The van der Waals surface area contributed by atoms with Gasteiger partial charge in [0.25, 0.3) is 11.7 Å². The second-order valence-corrected chi connectivity index (χ2v) is 6.99. The number of nitrogens with zero attached hydrogens (tertiary/aromatic N) is 4. The lowest BCUT2D eigenvalue weighted by atomic mass is 10.1. The molecule has 0 bridgehead atoms. The number of carbonyl (C=O) groups is 3. The third-order valence-electron chi connectivity index (χ3n) is 4.78. The van der Waals surface area contributed by atoms with Crippen LogP contribution in [0.15, 0.2) is 30.6 Å². The summed E-state index contributed by atoms with van der Waals surface area (Å²) >= 11 is 0. The van der Waals surface area contributed by atoms with Gasteiger partial charge in [0, 0.05) is 29.1 Å². The van der Waals surface area contributed by atoms with Crippen LogP contribution in [-0.4, -0.2) is 43.3 Å². The quantitative estimate of drug-likeness (QED) is 0.471. The SMILES string of the molecule is CC(=O)c1cccc(NC(=O)C(C)OC(=O)CCc2c(C)nc3ncnn3c2C)c1. The van der Waals surface area contributed by atoms with Crippen LogP contribution in [-0.2, 0) is 20.7 Å². The Labute approximate surface area is 173 Å². The summed E-state index contributed by atoms with van der Waals surface area (Å²) in [6, 6.07) is 6.58. The Morgan fingerprint density at radius 3 is 2.73 bits per heavy atom. The van der Waals surface area contributed by atoms with Crippen molar-refractivity contribution in [2.24, 2.45) is 0 Å². The molecule has 2 aromatic heterocycles. The van der Waals surface area contributed by atoms with Gasteiger partial charge in [-0.15, -0.1) is 0 Å². The van der Waals surface area contributed by atoms with E-state index in [1.807, 2.05) is 13.8 Å². The number of carbonyl (C=O) groups excluding carboxylic acids is 3. The van der Waals surface area contributed by atoms with Crippen molar-refractivity contribution in [3.63, 3.8) is 0 Å². The monoisotopic (exact) mass is 409 g/mol. The van der Waals surface area contributed by atoms with E-state index in [2.05, 4.69) is 20.4 Å². The Morgan fingerprint density at radius 2 is 2.00 bits per heavy atom. The maximum atomic E-state index is 12.3. The molecule has 1 atom stereocenters. The molecule has 9 nitrogen and oxygen atoms in total. The highest BCUT2D eigenvalue weighted by molar-refractivity contribution is 5.98. The third-order valence-corrected chi connectivity index (χ3v) is 4.78. The van der Waals surface area contributed by atoms with E-state index in [4.69, 9.17) is 4.74 Å². The van der Waals surface area contributed by atoms with Crippen molar-refractivity contribution in [2.45, 2.75) is 46.6 Å². The van der Waals surface area contributed by atoms with Crippen LogP contribution in [0.1, 0.15) is 47.6 Å². The van der Waals surface area contributed by atoms with Gasteiger partial charge in [0.1, 0.15) is 6.33 Å². The molecule has 0 fully saturated rings. The maximum absolute atomic E-state index is 12.3. The zero-order valence-corrected chi connectivity index (χ0v) is 17.3. The molecule has 0 saturated carbocycles. The fourth-order valence-corrected chi connectivity index (χ4v) is 3.11. The summed E-state index contributed by atoms with van der Waals surface area (Å²) in [6.45, 7) is 6.70. The molecule has 1 unspecified atom stereocenters. The number of aromatic nitrogens is 4. The normalized spacial score (nSPS) is 11.9. The number of ketones is 1. The van der Waals surface area contributed by atoms with E-state index in [0.29, 0.717) is 23.4 Å². The van der Waals surface area contributed by atoms with Gasteiger partial charge in [0.15, 0.2) is 11.9 Å². The second kappa shape index (κ2) is 8.81. The number of fused-ring (bicyclic) bond motifs is 1. The van der Waals surface area contributed by atoms with Crippen LogP contribution in [0.3, 0.4) is 0 Å². The number of hydrogen-bond donors (Lipinski definition) is 1. The lowest BCUT2D eigenvalue weighted by Crippen LogP contribution is -2.30. The molecule has 0 saturated heterocycles. The van der Waals surface area contributed by atoms with E-state index >= 15 is 0 Å². The number of amides is 1. The molecule has 0 aliphatic rings. The molecule has 0 aliphatic heterocycles. The fraction of sp³-hybridized carbons (Fsp3) is 0.333. The van der Waals surface area contributed by atoms with Gasteiger partial charge in [-0.1, -0.05) is 12.1 Å². The summed E-state index contributed by atoms with van der Waals surface area (Å²) in [5, 5.41) is 6.78. The predicted octanol–water partition coefficient (Wildman–Crippen LogP) is 2.45. The minimum absolute atomic E-state index is 0.0982. The number of ether oxygens (including phenoxy) is 1. The maximum Gasteiger partial charge on any atom is 0.306 e. The third kappa shape index (κ3) is 4.68. The molecule has 0 aliphatic carbocycles. The van der Waals surface area contributed by atoms with Crippen molar-refractivity contribution in [1.29, 1.82) is 0 Å². The molecule has 2 heterocycles. The van der Waals surface area contributed by atoms with Gasteiger partial charge in [-0.3, -0.25) is 14.4 Å². The Morgan fingerprint density at radius 1 is 1.23 bits per heavy atom. The molecule has 30 heavy (non-hydrogen) atoms. The van der Waals surface area contributed by atoms with E-state index in [1.54, 1.807) is 28.8 Å². The van der Waals surface area contributed by atoms with Gasteiger partial charge < -0.3 is 10.1 Å². The van der Waals surface area contributed by atoms with Crippen molar-refractivity contribution in [3.05, 3.63) is 53.1 Å². The van der Waals surface area contributed by atoms with Crippen LogP contribution in [0.5, 0.6) is 0 Å². The van der Waals surface area contributed by atoms with Crippen LogP contribution in [0, 0.1) is 13.8 Å². The van der Waals surface area contributed by atoms with Crippen molar-refractivity contribution < 1.29 is 19.1 Å². The largest absolute Gasteiger partial charge is 0.453 e. The number of rotatable bonds is 7. The highest BCUT2D eigenvalue weighted by Crippen LogP contribution is 2.16. The topological polar surface area (TPSA) is 116 Å². The average Bonchev–Trinajstić information content (AvgIpc) is 3.16. The molecular formula is C21H23N5O4. The standard InChI is InChI=1S/C21H23N5O4/c1-12-18(13(2)26-21(24-12)22-11-23-26)8-9-19(28)30-15(4)20(29)25-17-7-5-6-16(10-17)14(3)27/h5-7,10-11,15H,8-9H2,1-4H3,(H,25,29). The zero-order chi connectivity index (χ0) is 21.8. The number of nitrogens with one attached hydrogen (secondary N) is 1. The first-order valence-electron chi connectivity index (χ1n) is 9.53. The van der Waals surface area contributed by atoms with Gasteiger partial charge in [-0.05, 0) is 51.8 Å². The summed E-state index contributed by atoms with van der Waals surface area (Å²) < 4.78 is 6.89. The Bertz CT molecular complexity index is 1120. The Kier molecular flexibility index (Phi) is 6.20. The summed E-state index contributed by atoms with van der Waals surface area (Å²) in [5.41, 5.74) is 3.48. The molecule has 3 aromatic rings. The summed E-state index contributed by atoms with van der Waals surface area (Å²) in [4.78, 5) is 44.5. The minimum Gasteiger partial charge on any atom is -0.453 e. The lowest BCUT2D eigenvalue weighted by molar-refractivity contribution is -0.153. The molecule has 1 amide bonds.